The van der Waals surface area contributed by atoms with Crippen molar-refractivity contribution in [3.63, 3.8) is 0 Å². The largest absolute Gasteiger partial charge is 0.382 e. The van der Waals surface area contributed by atoms with Gasteiger partial charge in [-0.25, -0.2) is 4.98 Å². The Morgan fingerprint density at radius 3 is 3.00 bits per heavy atom. The van der Waals surface area contributed by atoms with Crippen LogP contribution in [0.15, 0.2) is 30.2 Å². The topological polar surface area (TPSA) is 68.1 Å². The summed E-state index contributed by atoms with van der Waals surface area (Å²) in [4.78, 5) is 14.2. The normalized spacial score (nSPS) is 25.8. The molecular weight excluding hydrogens is 321 g/mol. The van der Waals surface area contributed by atoms with Gasteiger partial charge in [-0.2, -0.15) is 0 Å². The van der Waals surface area contributed by atoms with Gasteiger partial charge in [-0.15, -0.1) is 0 Å². The average molecular weight is 333 g/mol. The van der Waals surface area contributed by atoms with Crippen LogP contribution in [0.2, 0.25) is 5.15 Å². The first-order valence-corrected chi connectivity index (χ1v) is 6.60. The average Bonchev–Trinajstić information content (AvgIpc) is 2.32. The van der Waals surface area contributed by atoms with Gasteiger partial charge < -0.3 is 5.32 Å². The minimum Gasteiger partial charge on any atom is -0.382 e. The van der Waals surface area contributed by atoms with Crippen LogP contribution in [0, 0.1) is 10.1 Å². The minimum absolute atomic E-state index is 0.401. The van der Waals surface area contributed by atoms with E-state index in [-0.39, 0.29) is 0 Å². The standard InChI is InChI=1S/C11H11BrClN3O2/c12-11(8-2-3-10(13)15-6-8)4-1-5-14-9(11)7-16(17)18/h2-3,6-7,14H,1,4-5H2. The van der Waals surface area contributed by atoms with Gasteiger partial charge in [0.25, 0.3) is 6.20 Å². The van der Waals surface area contributed by atoms with Crippen molar-refractivity contribution in [2.75, 3.05) is 6.54 Å². The van der Waals surface area contributed by atoms with E-state index in [0.717, 1.165) is 31.1 Å². The number of hydrogen-bond acceptors (Lipinski definition) is 4. The molecule has 0 aromatic carbocycles. The number of pyridine rings is 1. The summed E-state index contributed by atoms with van der Waals surface area (Å²) in [5.74, 6) is 0. The lowest BCUT2D eigenvalue weighted by atomic mass is 9.89. The predicted molar refractivity (Wildman–Crippen MR) is 72.2 cm³/mol. The lowest BCUT2D eigenvalue weighted by molar-refractivity contribution is -0.404. The van der Waals surface area contributed by atoms with Crippen LogP contribution in [0.3, 0.4) is 0 Å². The summed E-state index contributed by atoms with van der Waals surface area (Å²) < 4.78 is -0.587. The zero-order valence-corrected chi connectivity index (χ0v) is 11.7. The Balaban J connectivity index is 2.42. The molecule has 0 amide bonds. The maximum atomic E-state index is 10.7. The lowest BCUT2D eigenvalue weighted by Crippen LogP contribution is -2.37. The number of nitrogens with zero attached hydrogens (tertiary/aromatic N) is 2. The highest BCUT2D eigenvalue weighted by molar-refractivity contribution is 9.09. The highest BCUT2D eigenvalue weighted by atomic mass is 79.9. The second-order valence-electron chi connectivity index (χ2n) is 4.03. The number of alkyl halides is 1. The Morgan fingerprint density at radius 2 is 2.39 bits per heavy atom. The van der Waals surface area contributed by atoms with Gasteiger partial charge in [0.05, 0.1) is 9.25 Å². The molecule has 7 heteroatoms. The maximum absolute atomic E-state index is 10.7. The van der Waals surface area contributed by atoms with Gasteiger partial charge in [-0.05, 0) is 24.5 Å². The van der Waals surface area contributed by atoms with Gasteiger partial charge in [0.1, 0.15) is 10.9 Å². The molecule has 0 radical (unpaired) electrons. The van der Waals surface area contributed by atoms with Crippen LogP contribution in [0.4, 0.5) is 0 Å². The molecule has 1 aliphatic heterocycles. The third kappa shape index (κ3) is 2.64. The van der Waals surface area contributed by atoms with Crippen molar-refractivity contribution in [2.45, 2.75) is 17.2 Å². The van der Waals surface area contributed by atoms with Crippen LogP contribution in [-0.4, -0.2) is 16.5 Å². The summed E-state index contributed by atoms with van der Waals surface area (Å²) in [5, 5.41) is 14.1. The molecule has 1 aromatic heterocycles. The monoisotopic (exact) mass is 331 g/mol. The van der Waals surface area contributed by atoms with Crippen LogP contribution in [0.25, 0.3) is 0 Å². The second-order valence-corrected chi connectivity index (χ2v) is 5.77. The van der Waals surface area contributed by atoms with E-state index in [2.05, 4.69) is 26.2 Å². The first-order valence-electron chi connectivity index (χ1n) is 5.43. The molecule has 0 saturated carbocycles. The number of rotatable bonds is 2. The van der Waals surface area contributed by atoms with Gasteiger partial charge in [0, 0.05) is 12.7 Å². The first-order chi connectivity index (χ1) is 8.52. The zero-order chi connectivity index (χ0) is 13.2. The number of nitro groups is 1. The van der Waals surface area contributed by atoms with E-state index in [1.165, 1.54) is 0 Å². The van der Waals surface area contributed by atoms with E-state index in [0.29, 0.717) is 10.9 Å². The maximum Gasteiger partial charge on any atom is 0.255 e. The van der Waals surface area contributed by atoms with Crippen molar-refractivity contribution >= 4 is 27.5 Å². The summed E-state index contributed by atoms with van der Waals surface area (Å²) >= 11 is 9.36. The van der Waals surface area contributed by atoms with Crippen LogP contribution < -0.4 is 5.32 Å². The van der Waals surface area contributed by atoms with Crippen LogP contribution >= 0.6 is 27.5 Å². The van der Waals surface area contributed by atoms with E-state index in [1.807, 2.05) is 6.07 Å². The van der Waals surface area contributed by atoms with Gasteiger partial charge in [0.15, 0.2) is 0 Å². The molecule has 1 atom stereocenters. The van der Waals surface area contributed by atoms with E-state index in [1.54, 1.807) is 12.3 Å². The van der Waals surface area contributed by atoms with E-state index >= 15 is 0 Å². The highest BCUT2D eigenvalue weighted by Crippen LogP contribution is 2.43. The molecule has 5 nitrogen and oxygen atoms in total. The Labute approximate surface area is 118 Å². The number of piperidine rings is 1. The van der Waals surface area contributed by atoms with Crippen molar-refractivity contribution in [3.05, 3.63) is 51.1 Å². The smallest absolute Gasteiger partial charge is 0.255 e. The Morgan fingerprint density at radius 1 is 1.61 bits per heavy atom. The SMILES string of the molecule is O=[N+]([O-])C=C1NCCCC1(Br)c1ccc(Cl)nc1. The third-order valence-corrected chi connectivity index (χ3v) is 4.36. The van der Waals surface area contributed by atoms with Gasteiger partial charge in [-0.1, -0.05) is 33.6 Å². The summed E-state index contributed by atoms with van der Waals surface area (Å²) in [6.07, 6.45) is 4.33. The van der Waals surface area contributed by atoms with E-state index < -0.39 is 9.25 Å². The molecule has 2 rings (SSSR count). The molecule has 0 spiro atoms. The number of allylic oxidation sites excluding steroid dienone is 1. The molecule has 1 fully saturated rings. The molecule has 18 heavy (non-hydrogen) atoms. The van der Waals surface area contributed by atoms with Crippen molar-refractivity contribution in [1.82, 2.24) is 10.3 Å². The van der Waals surface area contributed by atoms with Crippen LogP contribution in [-0.2, 0) is 4.32 Å². The van der Waals surface area contributed by atoms with Crippen molar-refractivity contribution < 1.29 is 4.92 Å². The zero-order valence-electron chi connectivity index (χ0n) is 9.40. The quantitative estimate of drug-likeness (QED) is 0.391. The fourth-order valence-electron chi connectivity index (χ4n) is 1.99. The Hall–Kier alpha value is -1.14. The molecule has 1 saturated heterocycles. The summed E-state index contributed by atoms with van der Waals surface area (Å²) in [5.41, 5.74) is 1.40. The molecule has 2 heterocycles. The minimum atomic E-state index is -0.587. The molecule has 1 N–H and O–H groups in total. The Bertz CT molecular complexity index is 492. The molecule has 96 valence electrons. The van der Waals surface area contributed by atoms with Gasteiger partial charge >= 0.3 is 0 Å². The number of aromatic nitrogens is 1. The van der Waals surface area contributed by atoms with Crippen molar-refractivity contribution in [2.24, 2.45) is 0 Å². The Kier molecular flexibility index (Phi) is 3.87. The third-order valence-electron chi connectivity index (χ3n) is 2.86. The summed E-state index contributed by atoms with van der Waals surface area (Å²) in [6, 6.07) is 3.50. The van der Waals surface area contributed by atoms with E-state index in [4.69, 9.17) is 11.6 Å². The molecule has 0 aliphatic carbocycles. The van der Waals surface area contributed by atoms with Crippen molar-refractivity contribution in [1.29, 1.82) is 0 Å². The lowest BCUT2D eigenvalue weighted by Gasteiger charge is -2.34. The number of hydrogen-bond donors (Lipinski definition) is 1. The molecular formula is C11H11BrClN3O2. The number of halogens is 2. The summed E-state index contributed by atoms with van der Waals surface area (Å²) in [7, 11) is 0. The van der Waals surface area contributed by atoms with Crippen molar-refractivity contribution in [3.8, 4) is 0 Å². The fourth-order valence-corrected chi connectivity index (χ4v) is 2.86. The molecule has 1 aromatic rings. The van der Waals surface area contributed by atoms with Gasteiger partial charge in [0.2, 0.25) is 0 Å². The molecule has 0 bridgehead atoms. The number of nitrogens with one attached hydrogen (secondary N) is 1. The molecule has 1 aliphatic rings. The van der Waals surface area contributed by atoms with Gasteiger partial charge in [-0.3, -0.25) is 10.1 Å². The first kappa shape index (κ1) is 13.3. The predicted octanol–water partition coefficient (Wildman–Crippen LogP) is 2.83. The summed E-state index contributed by atoms with van der Waals surface area (Å²) in [6.45, 7) is 0.730. The van der Waals surface area contributed by atoms with Crippen LogP contribution in [0.5, 0.6) is 0 Å². The second kappa shape index (κ2) is 5.24. The fraction of sp³-hybridized carbons (Fsp3) is 0.364. The van der Waals surface area contributed by atoms with E-state index in [9.17, 15) is 10.1 Å². The van der Waals surface area contributed by atoms with Crippen LogP contribution in [0.1, 0.15) is 18.4 Å². The molecule has 1 unspecified atom stereocenters. The highest BCUT2D eigenvalue weighted by Gasteiger charge is 2.38.